The Morgan fingerprint density at radius 2 is 2.12 bits per heavy atom. The van der Waals surface area contributed by atoms with Crippen LogP contribution in [0.4, 0.5) is 0 Å². The van der Waals surface area contributed by atoms with E-state index in [1.54, 1.807) is 6.20 Å². The zero-order valence-electron chi connectivity index (χ0n) is 14.9. The summed E-state index contributed by atoms with van der Waals surface area (Å²) in [4.78, 5) is 11.5. The predicted octanol–water partition coefficient (Wildman–Crippen LogP) is 4.45. The number of nitrogens with one attached hydrogen (secondary N) is 2. The zero-order valence-corrected chi connectivity index (χ0v) is 18.8. The molecule has 4 nitrogen and oxygen atoms in total. The highest BCUT2D eigenvalue weighted by molar-refractivity contribution is 14.0. The molecule has 0 aliphatic carbocycles. The van der Waals surface area contributed by atoms with Gasteiger partial charge in [0, 0.05) is 41.5 Å². The third kappa shape index (κ3) is 8.37. The molecular weight excluding hydrogens is 467 g/mol. The summed E-state index contributed by atoms with van der Waals surface area (Å²) >= 11 is 7.66. The molecule has 0 fully saturated rings. The molecule has 2 heterocycles. The molecule has 0 aromatic carbocycles. The van der Waals surface area contributed by atoms with Crippen LogP contribution in [0.25, 0.3) is 0 Å². The maximum Gasteiger partial charge on any atom is 0.191 e. The molecular formula is C18H26ClIN4S. The molecule has 0 aliphatic rings. The van der Waals surface area contributed by atoms with Crippen LogP contribution in [-0.4, -0.2) is 30.1 Å². The maximum absolute atomic E-state index is 5.80. The van der Waals surface area contributed by atoms with Crippen LogP contribution in [0.2, 0.25) is 5.15 Å². The standard InChI is InChI=1S/C18H25ClN4S.HI/c1-4-20-18(21-10-9-15-6-8-17(19)22-12-15)23-13(2)11-16-7-5-14(3)24-16;/h5-8,12-13H,4,9-11H2,1-3H3,(H2,20,21,23);1H. The summed E-state index contributed by atoms with van der Waals surface area (Å²) in [6.07, 6.45) is 3.66. The van der Waals surface area contributed by atoms with Crippen LogP contribution in [0.1, 0.15) is 29.2 Å². The quantitative estimate of drug-likeness (QED) is 0.260. The average molecular weight is 493 g/mol. The molecule has 0 amide bonds. The van der Waals surface area contributed by atoms with Gasteiger partial charge in [0.2, 0.25) is 0 Å². The fourth-order valence-electron chi connectivity index (χ4n) is 2.35. The van der Waals surface area contributed by atoms with Crippen LogP contribution < -0.4 is 10.6 Å². The number of halogens is 2. The van der Waals surface area contributed by atoms with E-state index in [2.05, 4.69) is 53.5 Å². The number of aliphatic imine (C=N–C) groups is 1. The third-order valence-electron chi connectivity index (χ3n) is 3.49. The van der Waals surface area contributed by atoms with Gasteiger partial charge in [0.1, 0.15) is 5.15 Å². The van der Waals surface area contributed by atoms with Crippen LogP contribution >= 0.6 is 46.9 Å². The second-order valence-electron chi connectivity index (χ2n) is 5.76. The number of hydrogen-bond donors (Lipinski definition) is 2. The summed E-state index contributed by atoms with van der Waals surface area (Å²) in [5.74, 6) is 0.861. The lowest BCUT2D eigenvalue weighted by Gasteiger charge is -2.17. The number of aromatic nitrogens is 1. The second-order valence-corrected chi connectivity index (χ2v) is 7.52. The molecule has 2 aromatic heterocycles. The van der Waals surface area contributed by atoms with E-state index in [0.29, 0.717) is 17.7 Å². The molecule has 0 bridgehead atoms. The number of thiophene rings is 1. The van der Waals surface area contributed by atoms with E-state index in [0.717, 1.165) is 30.9 Å². The van der Waals surface area contributed by atoms with Crippen molar-refractivity contribution < 1.29 is 0 Å². The van der Waals surface area contributed by atoms with Crippen molar-refractivity contribution in [2.75, 3.05) is 13.1 Å². The number of hydrogen-bond acceptors (Lipinski definition) is 3. The number of guanidine groups is 1. The molecule has 0 saturated carbocycles. The Labute approximate surface area is 176 Å². The topological polar surface area (TPSA) is 49.3 Å². The summed E-state index contributed by atoms with van der Waals surface area (Å²) in [7, 11) is 0. The average Bonchev–Trinajstić information content (AvgIpc) is 2.94. The van der Waals surface area contributed by atoms with Gasteiger partial charge in [0.25, 0.3) is 0 Å². The molecule has 2 aromatic rings. The van der Waals surface area contributed by atoms with Gasteiger partial charge in [0.05, 0.1) is 0 Å². The normalized spacial score (nSPS) is 12.4. The third-order valence-corrected chi connectivity index (χ3v) is 4.74. The van der Waals surface area contributed by atoms with Gasteiger partial charge in [-0.2, -0.15) is 0 Å². The minimum Gasteiger partial charge on any atom is -0.357 e. The first kappa shape index (κ1) is 22.2. The lowest BCUT2D eigenvalue weighted by atomic mass is 10.2. The summed E-state index contributed by atoms with van der Waals surface area (Å²) in [6.45, 7) is 7.96. The van der Waals surface area contributed by atoms with Crippen molar-refractivity contribution in [3.63, 3.8) is 0 Å². The van der Waals surface area contributed by atoms with Gasteiger partial charge >= 0.3 is 0 Å². The Bertz CT molecular complexity index is 657. The SMILES string of the molecule is CCNC(=NCCc1ccc(Cl)nc1)NC(C)Cc1ccc(C)s1.I. The summed E-state index contributed by atoms with van der Waals surface area (Å²) in [6, 6.07) is 8.52. The van der Waals surface area contributed by atoms with Crippen LogP contribution in [0.5, 0.6) is 0 Å². The zero-order chi connectivity index (χ0) is 17.4. The van der Waals surface area contributed by atoms with E-state index in [1.165, 1.54) is 9.75 Å². The summed E-state index contributed by atoms with van der Waals surface area (Å²) < 4.78 is 0. The Hall–Kier alpha value is -0.860. The minimum absolute atomic E-state index is 0. The van der Waals surface area contributed by atoms with Gasteiger partial charge in [-0.1, -0.05) is 17.7 Å². The molecule has 2 rings (SSSR count). The van der Waals surface area contributed by atoms with Crippen LogP contribution in [-0.2, 0) is 12.8 Å². The molecule has 1 atom stereocenters. The lowest BCUT2D eigenvalue weighted by Crippen LogP contribution is -2.43. The van der Waals surface area contributed by atoms with Gasteiger partial charge in [-0.15, -0.1) is 35.3 Å². The van der Waals surface area contributed by atoms with Crippen molar-refractivity contribution in [1.82, 2.24) is 15.6 Å². The molecule has 7 heteroatoms. The van der Waals surface area contributed by atoms with E-state index in [1.807, 2.05) is 23.5 Å². The van der Waals surface area contributed by atoms with E-state index >= 15 is 0 Å². The van der Waals surface area contributed by atoms with Crippen LogP contribution in [0.3, 0.4) is 0 Å². The molecule has 2 N–H and O–H groups in total. The van der Waals surface area contributed by atoms with Gasteiger partial charge < -0.3 is 10.6 Å². The number of aryl methyl sites for hydroxylation is 1. The van der Waals surface area contributed by atoms with Crippen molar-refractivity contribution in [1.29, 1.82) is 0 Å². The fraction of sp³-hybridized carbons (Fsp3) is 0.444. The van der Waals surface area contributed by atoms with E-state index in [4.69, 9.17) is 11.6 Å². The number of pyridine rings is 1. The Kier molecular flexibility index (Phi) is 10.4. The largest absolute Gasteiger partial charge is 0.357 e. The number of nitrogens with zero attached hydrogens (tertiary/aromatic N) is 2. The smallest absolute Gasteiger partial charge is 0.191 e. The van der Waals surface area contributed by atoms with Crippen LogP contribution in [0.15, 0.2) is 35.5 Å². The first-order valence-corrected chi connectivity index (χ1v) is 9.47. The van der Waals surface area contributed by atoms with E-state index in [-0.39, 0.29) is 24.0 Å². The van der Waals surface area contributed by atoms with Crippen molar-refractivity contribution in [2.24, 2.45) is 4.99 Å². The molecule has 0 spiro atoms. The summed E-state index contributed by atoms with van der Waals surface area (Å²) in [5, 5.41) is 7.31. The minimum atomic E-state index is 0. The Morgan fingerprint density at radius 3 is 2.72 bits per heavy atom. The lowest BCUT2D eigenvalue weighted by molar-refractivity contribution is 0.645. The molecule has 0 aliphatic heterocycles. The highest BCUT2D eigenvalue weighted by Crippen LogP contribution is 2.16. The van der Waals surface area contributed by atoms with Gasteiger partial charge in [-0.05, 0) is 51.0 Å². The van der Waals surface area contributed by atoms with Crippen molar-refractivity contribution in [2.45, 2.75) is 39.7 Å². The van der Waals surface area contributed by atoms with Crippen molar-refractivity contribution in [3.05, 3.63) is 50.9 Å². The first-order chi connectivity index (χ1) is 11.6. The Morgan fingerprint density at radius 1 is 1.32 bits per heavy atom. The number of rotatable bonds is 7. The van der Waals surface area contributed by atoms with Gasteiger partial charge in [-0.25, -0.2) is 4.98 Å². The summed E-state index contributed by atoms with van der Waals surface area (Å²) in [5.41, 5.74) is 1.14. The maximum atomic E-state index is 5.80. The van der Waals surface area contributed by atoms with Crippen molar-refractivity contribution >= 4 is 52.9 Å². The van der Waals surface area contributed by atoms with Crippen molar-refractivity contribution in [3.8, 4) is 0 Å². The van der Waals surface area contributed by atoms with Crippen LogP contribution in [0, 0.1) is 6.92 Å². The highest BCUT2D eigenvalue weighted by atomic mass is 127. The molecule has 1 unspecified atom stereocenters. The molecule has 0 radical (unpaired) electrons. The van der Waals surface area contributed by atoms with Gasteiger partial charge in [0.15, 0.2) is 5.96 Å². The van der Waals surface area contributed by atoms with E-state index in [9.17, 15) is 0 Å². The molecule has 138 valence electrons. The van der Waals surface area contributed by atoms with E-state index < -0.39 is 0 Å². The highest BCUT2D eigenvalue weighted by Gasteiger charge is 2.07. The fourth-order valence-corrected chi connectivity index (χ4v) is 3.48. The monoisotopic (exact) mass is 492 g/mol. The first-order valence-electron chi connectivity index (χ1n) is 8.27. The van der Waals surface area contributed by atoms with Gasteiger partial charge in [-0.3, -0.25) is 4.99 Å². The Balaban J connectivity index is 0.00000312. The molecule has 0 saturated heterocycles. The molecule has 25 heavy (non-hydrogen) atoms. The predicted molar refractivity (Wildman–Crippen MR) is 120 cm³/mol. The second kappa shape index (κ2) is 11.7.